The van der Waals surface area contributed by atoms with E-state index in [9.17, 15) is 0 Å². The van der Waals surface area contributed by atoms with Crippen LogP contribution < -0.4 is 5.32 Å². The third-order valence-electron chi connectivity index (χ3n) is 4.94. The van der Waals surface area contributed by atoms with Crippen LogP contribution in [0.5, 0.6) is 0 Å². The predicted molar refractivity (Wildman–Crippen MR) is 121 cm³/mol. The maximum absolute atomic E-state index is 6.09. The van der Waals surface area contributed by atoms with Crippen LogP contribution in [0.3, 0.4) is 0 Å². The van der Waals surface area contributed by atoms with Crippen LogP contribution in [0, 0.1) is 13.8 Å². The smallest absolute Gasteiger partial charge is 0.258 e. The first kappa shape index (κ1) is 19.9. The van der Waals surface area contributed by atoms with E-state index in [0.717, 1.165) is 22.3 Å². The van der Waals surface area contributed by atoms with Gasteiger partial charge in [-0.2, -0.15) is 4.98 Å². The molecule has 2 aromatic carbocycles. The second kappa shape index (κ2) is 8.51. The largest absolute Gasteiger partial charge is 0.373 e. The monoisotopic (exact) mass is 416 g/mol. The normalized spacial score (nSPS) is 11.5. The summed E-state index contributed by atoms with van der Waals surface area (Å²) < 4.78 is 5.67. The highest BCUT2D eigenvalue weighted by Gasteiger charge is 2.17. The van der Waals surface area contributed by atoms with Crippen LogP contribution in [0.25, 0.3) is 23.0 Å². The van der Waals surface area contributed by atoms with Crippen molar-refractivity contribution < 1.29 is 4.52 Å². The zero-order valence-electron chi connectivity index (χ0n) is 17.0. The van der Waals surface area contributed by atoms with Crippen molar-refractivity contribution in [3.05, 3.63) is 94.0 Å². The number of hydrogen-bond acceptors (Lipinski definition) is 5. The molecule has 4 aromatic rings. The quantitative estimate of drug-likeness (QED) is 0.402. The maximum atomic E-state index is 6.09. The van der Waals surface area contributed by atoms with Gasteiger partial charge in [0.1, 0.15) is 5.82 Å². The highest BCUT2D eigenvalue weighted by Crippen LogP contribution is 2.30. The number of pyridine rings is 1. The molecule has 1 N–H and O–H groups in total. The molecule has 0 aliphatic carbocycles. The van der Waals surface area contributed by atoms with E-state index < -0.39 is 0 Å². The molecule has 0 unspecified atom stereocenters. The average molecular weight is 417 g/mol. The zero-order chi connectivity index (χ0) is 21.1. The van der Waals surface area contributed by atoms with E-state index in [2.05, 4.69) is 58.6 Å². The van der Waals surface area contributed by atoms with Gasteiger partial charge in [0.25, 0.3) is 5.89 Å². The van der Waals surface area contributed by atoms with E-state index >= 15 is 0 Å². The molecule has 0 bridgehead atoms. The molecule has 0 amide bonds. The molecular weight excluding hydrogens is 396 g/mol. The number of nitrogens with zero attached hydrogens (tertiary/aromatic N) is 3. The molecule has 0 saturated heterocycles. The number of rotatable bonds is 5. The van der Waals surface area contributed by atoms with Crippen molar-refractivity contribution in [3.63, 3.8) is 0 Å². The van der Waals surface area contributed by atoms with Crippen molar-refractivity contribution in [1.29, 1.82) is 0 Å². The minimum absolute atomic E-state index is 0.427. The Hall–Kier alpha value is -3.44. The molecule has 0 spiro atoms. The first-order chi connectivity index (χ1) is 14.5. The fourth-order valence-corrected chi connectivity index (χ4v) is 3.27. The standard InChI is InChI=1S/C24H21ClN4O/c1-15-6-7-17(13-16(15)2)14-21(18-8-10-19(25)11-9-18)24-28-23(29-30-24)20-5-4-12-27-22(20)26-3/h4-14H,1-3H3,(H,26,27)/b21-14-. The third kappa shape index (κ3) is 4.11. The summed E-state index contributed by atoms with van der Waals surface area (Å²) in [5.74, 6) is 1.59. The molecule has 30 heavy (non-hydrogen) atoms. The van der Waals surface area contributed by atoms with Gasteiger partial charge < -0.3 is 9.84 Å². The summed E-state index contributed by atoms with van der Waals surface area (Å²) in [6.45, 7) is 4.20. The Morgan fingerprint density at radius 1 is 1.03 bits per heavy atom. The fraction of sp³-hybridized carbons (Fsp3) is 0.125. The highest BCUT2D eigenvalue weighted by atomic mass is 35.5. The Bertz CT molecular complexity index is 1210. The van der Waals surface area contributed by atoms with Crippen LogP contribution in [-0.2, 0) is 0 Å². The molecule has 150 valence electrons. The van der Waals surface area contributed by atoms with E-state index in [1.165, 1.54) is 11.1 Å². The highest BCUT2D eigenvalue weighted by molar-refractivity contribution is 6.30. The molecule has 0 fully saturated rings. The molecule has 5 nitrogen and oxygen atoms in total. The van der Waals surface area contributed by atoms with Gasteiger partial charge in [-0.1, -0.05) is 47.1 Å². The molecule has 6 heteroatoms. The third-order valence-corrected chi connectivity index (χ3v) is 5.19. The topological polar surface area (TPSA) is 63.8 Å². The summed E-state index contributed by atoms with van der Waals surface area (Å²) in [6.07, 6.45) is 3.77. The number of aromatic nitrogens is 3. The summed E-state index contributed by atoms with van der Waals surface area (Å²) in [4.78, 5) is 8.98. The van der Waals surface area contributed by atoms with Gasteiger partial charge in [-0.05, 0) is 66.4 Å². The number of nitrogens with one attached hydrogen (secondary N) is 1. The van der Waals surface area contributed by atoms with Gasteiger partial charge in [0.15, 0.2) is 0 Å². The molecule has 0 radical (unpaired) electrons. The van der Waals surface area contributed by atoms with Gasteiger partial charge >= 0.3 is 0 Å². The number of hydrogen-bond donors (Lipinski definition) is 1. The first-order valence-corrected chi connectivity index (χ1v) is 9.95. The van der Waals surface area contributed by atoms with E-state index in [0.29, 0.717) is 22.6 Å². The lowest BCUT2D eigenvalue weighted by molar-refractivity contribution is 0.409. The van der Waals surface area contributed by atoms with Gasteiger partial charge in [0, 0.05) is 23.8 Å². The SMILES string of the molecule is CNc1ncccc1-c1noc(/C(=C\c2ccc(C)c(C)c2)c2ccc(Cl)cc2)n1. The van der Waals surface area contributed by atoms with Gasteiger partial charge in [-0.3, -0.25) is 0 Å². The molecule has 0 aliphatic heterocycles. The van der Waals surface area contributed by atoms with E-state index in [1.807, 2.05) is 43.4 Å². The second-order valence-corrected chi connectivity index (χ2v) is 7.42. The number of benzene rings is 2. The van der Waals surface area contributed by atoms with Crippen LogP contribution in [0.1, 0.15) is 28.1 Å². The van der Waals surface area contributed by atoms with E-state index in [1.54, 1.807) is 6.20 Å². The molecule has 4 rings (SSSR count). The van der Waals surface area contributed by atoms with Crippen molar-refractivity contribution in [2.45, 2.75) is 13.8 Å². The number of aryl methyl sites for hydroxylation is 2. The Kier molecular flexibility index (Phi) is 5.63. The molecule has 2 heterocycles. The lowest BCUT2D eigenvalue weighted by Crippen LogP contribution is -1.96. The van der Waals surface area contributed by atoms with Crippen LogP contribution in [-0.4, -0.2) is 22.2 Å². The van der Waals surface area contributed by atoms with Gasteiger partial charge in [0.2, 0.25) is 5.82 Å². The molecule has 0 saturated carbocycles. The summed E-state index contributed by atoms with van der Waals surface area (Å²) in [7, 11) is 1.81. The fourth-order valence-electron chi connectivity index (χ4n) is 3.15. The first-order valence-electron chi connectivity index (χ1n) is 9.57. The lowest BCUT2D eigenvalue weighted by Gasteiger charge is -2.06. The summed E-state index contributed by atoms with van der Waals surface area (Å²) in [5, 5.41) is 7.93. The lowest BCUT2D eigenvalue weighted by atomic mass is 10.0. The van der Waals surface area contributed by atoms with Crippen molar-refractivity contribution in [3.8, 4) is 11.4 Å². The predicted octanol–water partition coefficient (Wildman–Crippen LogP) is 6.03. The van der Waals surface area contributed by atoms with Gasteiger partial charge in [-0.15, -0.1) is 0 Å². The Morgan fingerprint density at radius 2 is 1.83 bits per heavy atom. The Labute approximate surface area is 180 Å². The van der Waals surface area contributed by atoms with E-state index in [-0.39, 0.29) is 0 Å². The minimum atomic E-state index is 0.427. The summed E-state index contributed by atoms with van der Waals surface area (Å²) in [6, 6.07) is 17.7. The summed E-state index contributed by atoms with van der Waals surface area (Å²) in [5.41, 5.74) is 6.06. The summed E-state index contributed by atoms with van der Waals surface area (Å²) >= 11 is 6.09. The van der Waals surface area contributed by atoms with Crippen molar-refractivity contribution >= 4 is 29.1 Å². The number of anilines is 1. The van der Waals surface area contributed by atoms with Crippen LogP contribution in [0.4, 0.5) is 5.82 Å². The van der Waals surface area contributed by atoms with Crippen LogP contribution in [0.2, 0.25) is 5.02 Å². The minimum Gasteiger partial charge on any atom is -0.373 e. The number of halogens is 1. The molecule has 0 atom stereocenters. The Morgan fingerprint density at radius 3 is 2.57 bits per heavy atom. The van der Waals surface area contributed by atoms with Gasteiger partial charge in [0.05, 0.1) is 5.56 Å². The Balaban J connectivity index is 1.82. The molecule has 0 aliphatic rings. The van der Waals surface area contributed by atoms with E-state index in [4.69, 9.17) is 16.1 Å². The zero-order valence-corrected chi connectivity index (χ0v) is 17.7. The van der Waals surface area contributed by atoms with Crippen LogP contribution >= 0.6 is 11.6 Å². The van der Waals surface area contributed by atoms with Crippen LogP contribution in [0.15, 0.2) is 65.3 Å². The maximum Gasteiger partial charge on any atom is 0.258 e. The van der Waals surface area contributed by atoms with Crippen molar-refractivity contribution in [1.82, 2.24) is 15.1 Å². The van der Waals surface area contributed by atoms with Crippen molar-refractivity contribution in [2.75, 3.05) is 12.4 Å². The van der Waals surface area contributed by atoms with Gasteiger partial charge in [-0.25, -0.2) is 4.98 Å². The molecular formula is C24H21ClN4O. The average Bonchev–Trinajstić information content (AvgIpc) is 3.25. The second-order valence-electron chi connectivity index (χ2n) is 6.98. The van der Waals surface area contributed by atoms with Crippen molar-refractivity contribution in [2.24, 2.45) is 0 Å². The molecule has 2 aromatic heterocycles.